The van der Waals surface area contributed by atoms with Gasteiger partial charge in [-0.2, -0.15) is 0 Å². The summed E-state index contributed by atoms with van der Waals surface area (Å²) in [4.78, 5) is 11.8. The molecule has 21 heavy (non-hydrogen) atoms. The van der Waals surface area contributed by atoms with Gasteiger partial charge in [-0.1, -0.05) is 42.0 Å². The molecule has 0 aliphatic rings. The third kappa shape index (κ3) is 4.06. The summed E-state index contributed by atoms with van der Waals surface area (Å²) in [6.07, 6.45) is 3.90. The highest BCUT2D eigenvalue weighted by Crippen LogP contribution is 2.17. The number of rotatable bonds is 4. The molecule has 2 rings (SSSR count). The smallest absolute Gasteiger partial charge is 0.338 e. The van der Waals surface area contributed by atoms with Crippen LogP contribution in [0.25, 0.3) is 6.08 Å². The molecule has 0 N–H and O–H groups in total. The van der Waals surface area contributed by atoms with Crippen LogP contribution in [-0.2, 0) is 4.74 Å². The Morgan fingerprint density at radius 1 is 1.05 bits per heavy atom. The van der Waals surface area contributed by atoms with E-state index in [1.807, 2.05) is 30.4 Å². The first-order chi connectivity index (χ1) is 10.1. The molecule has 2 heteroatoms. The van der Waals surface area contributed by atoms with Crippen LogP contribution in [-0.4, -0.2) is 12.6 Å². The number of ether oxygens (including phenoxy) is 1. The Morgan fingerprint density at radius 2 is 1.67 bits per heavy atom. The molecule has 0 aromatic heterocycles. The van der Waals surface area contributed by atoms with Crippen LogP contribution in [0.15, 0.2) is 48.5 Å². The van der Waals surface area contributed by atoms with Gasteiger partial charge in [-0.25, -0.2) is 4.79 Å². The second-order valence-electron chi connectivity index (χ2n) is 5.18. The standard InChI is InChI=1S/C19H20O2/c1-14-12-15(2)18(16(3)13-14)10-7-11-21-19(20)17-8-5-4-6-9-17/h4-10,12-13H,11H2,1-3H3/b10-7+. The SMILES string of the molecule is Cc1cc(C)c(/C=C/COC(=O)c2ccccc2)c(C)c1. The predicted octanol–water partition coefficient (Wildman–Crippen LogP) is 4.48. The Bertz CT molecular complexity index is 632. The molecule has 0 saturated carbocycles. The van der Waals surface area contributed by atoms with Crippen LogP contribution in [0.4, 0.5) is 0 Å². The minimum absolute atomic E-state index is 0.278. The van der Waals surface area contributed by atoms with Crippen LogP contribution < -0.4 is 0 Å². The van der Waals surface area contributed by atoms with E-state index in [4.69, 9.17) is 4.74 Å². The van der Waals surface area contributed by atoms with Gasteiger partial charge in [0.25, 0.3) is 0 Å². The van der Waals surface area contributed by atoms with Gasteiger partial charge in [0.05, 0.1) is 5.56 Å². The molecule has 0 aliphatic heterocycles. The molecule has 2 aromatic rings. The van der Waals surface area contributed by atoms with Gasteiger partial charge in [-0.15, -0.1) is 0 Å². The van der Waals surface area contributed by atoms with E-state index in [2.05, 4.69) is 32.9 Å². The van der Waals surface area contributed by atoms with Crippen molar-refractivity contribution in [2.75, 3.05) is 6.61 Å². The van der Waals surface area contributed by atoms with Gasteiger partial charge in [-0.05, 0) is 55.7 Å². The predicted molar refractivity (Wildman–Crippen MR) is 86.4 cm³/mol. The van der Waals surface area contributed by atoms with Crippen LogP contribution in [0.5, 0.6) is 0 Å². The van der Waals surface area contributed by atoms with E-state index in [1.165, 1.54) is 22.3 Å². The second kappa shape index (κ2) is 6.89. The van der Waals surface area contributed by atoms with Crippen molar-refractivity contribution in [2.45, 2.75) is 20.8 Å². The third-order valence-electron chi connectivity index (χ3n) is 3.34. The second-order valence-corrected chi connectivity index (χ2v) is 5.18. The first-order valence-electron chi connectivity index (χ1n) is 7.04. The molecular formula is C19H20O2. The van der Waals surface area contributed by atoms with E-state index in [-0.39, 0.29) is 12.6 Å². The molecule has 0 bridgehead atoms. The van der Waals surface area contributed by atoms with E-state index in [9.17, 15) is 4.79 Å². The number of esters is 1. The van der Waals surface area contributed by atoms with Gasteiger partial charge >= 0.3 is 5.97 Å². The van der Waals surface area contributed by atoms with Gasteiger partial charge in [0.15, 0.2) is 0 Å². The maximum Gasteiger partial charge on any atom is 0.338 e. The van der Waals surface area contributed by atoms with Crippen LogP contribution in [0.2, 0.25) is 0 Å². The summed E-state index contributed by atoms with van der Waals surface area (Å²) in [6, 6.07) is 13.3. The number of carbonyl (C=O) groups is 1. The van der Waals surface area contributed by atoms with Crippen molar-refractivity contribution in [3.63, 3.8) is 0 Å². The van der Waals surface area contributed by atoms with Crippen LogP contribution in [0, 0.1) is 20.8 Å². The highest BCUT2D eigenvalue weighted by molar-refractivity contribution is 5.89. The zero-order valence-corrected chi connectivity index (χ0v) is 12.7. The normalized spacial score (nSPS) is 10.8. The Morgan fingerprint density at radius 3 is 2.29 bits per heavy atom. The zero-order valence-electron chi connectivity index (χ0n) is 12.7. The molecule has 2 aromatic carbocycles. The summed E-state index contributed by atoms with van der Waals surface area (Å²) < 4.78 is 5.23. The van der Waals surface area contributed by atoms with Gasteiger partial charge in [0.2, 0.25) is 0 Å². The molecule has 0 amide bonds. The zero-order chi connectivity index (χ0) is 15.2. The fourth-order valence-corrected chi connectivity index (χ4v) is 2.40. The Labute approximate surface area is 126 Å². The number of hydrogen-bond acceptors (Lipinski definition) is 2. The van der Waals surface area contributed by atoms with Crippen molar-refractivity contribution < 1.29 is 9.53 Å². The van der Waals surface area contributed by atoms with Crippen molar-refractivity contribution in [3.8, 4) is 0 Å². The summed E-state index contributed by atoms with van der Waals surface area (Å²) in [5.74, 6) is -0.294. The van der Waals surface area contributed by atoms with Crippen molar-refractivity contribution in [1.82, 2.24) is 0 Å². The first-order valence-corrected chi connectivity index (χ1v) is 7.04. The van der Waals surface area contributed by atoms with E-state index in [1.54, 1.807) is 12.1 Å². The summed E-state index contributed by atoms with van der Waals surface area (Å²) in [7, 11) is 0. The average Bonchev–Trinajstić information content (AvgIpc) is 2.46. The summed E-state index contributed by atoms with van der Waals surface area (Å²) >= 11 is 0. The van der Waals surface area contributed by atoms with Gasteiger partial charge < -0.3 is 4.74 Å². The summed E-state index contributed by atoms with van der Waals surface area (Å²) in [6.45, 7) is 6.56. The first kappa shape index (κ1) is 15.0. The molecule has 0 atom stereocenters. The van der Waals surface area contributed by atoms with Crippen LogP contribution >= 0.6 is 0 Å². The van der Waals surface area contributed by atoms with E-state index >= 15 is 0 Å². The Hall–Kier alpha value is -2.35. The Balaban J connectivity index is 1.96. The monoisotopic (exact) mass is 280 g/mol. The highest BCUT2D eigenvalue weighted by atomic mass is 16.5. The van der Waals surface area contributed by atoms with Crippen molar-refractivity contribution in [2.24, 2.45) is 0 Å². The number of carbonyl (C=O) groups excluding carboxylic acids is 1. The molecule has 0 heterocycles. The molecule has 0 unspecified atom stereocenters. The van der Waals surface area contributed by atoms with Gasteiger partial charge in [0.1, 0.15) is 6.61 Å². The van der Waals surface area contributed by atoms with Crippen molar-refractivity contribution in [3.05, 3.63) is 76.4 Å². The van der Waals surface area contributed by atoms with E-state index < -0.39 is 0 Å². The maximum atomic E-state index is 11.8. The lowest BCUT2D eigenvalue weighted by Gasteiger charge is -2.07. The molecule has 0 aliphatic carbocycles. The van der Waals surface area contributed by atoms with E-state index in [0.717, 1.165) is 0 Å². The van der Waals surface area contributed by atoms with Gasteiger partial charge in [0, 0.05) is 0 Å². The minimum atomic E-state index is -0.294. The highest BCUT2D eigenvalue weighted by Gasteiger charge is 2.04. The summed E-state index contributed by atoms with van der Waals surface area (Å²) in [5.41, 5.74) is 5.50. The molecule has 0 saturated heterocycles. The maximum absolute atomic E-state index is 11.8. The molecule has 0 spiro atoms. The topological polar surface area (TPSA) is 26.3 Å². The molecular weight excluding hydrogens is 260 g/mol. The lowest BCUT2D eigenvalue weighted by atomic mass is 9.99. The fraction of sp³-hybridized carbons (Fsp3) is 0.211. The number of aryl methyl sites for hydroxylation is 3. The number of benzene rings is 2. The van der Waals surface area contributed by atoms with E-state index in [0.29, 0.717) is 5.56 Å². The fourth-order valence-electron chi connectivity index (χ4n) is 2.40. The summed E-state index contributed by atoms with van der Waals surface area (Å²) in [5, 5.41) is 0. The van der Waals surface area contributed by atoms with Crippen LogP contribution in [0.1, 0.15) is 32.6 Å². The lowest BCUT2D eigenvalue weighted by molar-refractivity contribution is 0.0550. The largest absolute Gasteiger partial charge is 0.458 e. The third-order valence-corrected chi connectivity index (χ3v) is 3.34. The van der Waals surface area contributed by atoms with Crippen molar-refractivity contribution >= 4 is 12.0 Å². The lowest BCUT2D eigenvalue weighted by Crippen LogP contribution is -2.04. The Kier molecular flexibility index (Phi) is 4.94. The quantitative estimate of drug-likeness (QED) is 0.772. The molecule has 108 valence electrons. The average molecular weight is 280 g/mol. The van der Waals surface area contributed by atoms with Crippen molar-refractivity contribution in [1.29, 1.82) is 0 Å². The number of hydrogen-bond donors (Lipinski definition) is 0. The molecule has 0 fully saturated rings. The minimum Gasteiger partial charge on any atom is -0.458 e. The van der Waals surface area contributed by atoms with Crippen LogP contribution in [0.3, 0.4) is 0 Å². The molecule has 2 nitrogen and oxygen atoms in total. The van der Waals surface area contributed by atoms with Gasteiger partial charge in [-0.3, -0.25) is 0 Å². The molecule has 0 radical (unpaired) electrons.